The van der Waals surface area contributed by atoms with Crippen LogP contribution in [0, 0.1) is 3.57 Å². The minimum absolute atomic E-state index is 0.150. The predicted octanol–water partition coefficient (Wildman–Crippen LogP) is 3.61. The van der Waals surface area contributed by atoms with Gasteiger partial charge in [0.05, 0.1) is 5.56 Å². The molecule has 3 rings (SSSR count). The first kappa shape index (κ1) is 13.0. The zero-order valence-corrected chi connectivity index (χ0v) is 12.6. The smallest absolute Gasteiger partial charge is 0.257 e. The van der Waals surface area contributed by atoms with Crippen molar-refractivity contribution in [3.63, 3.8) is 0 Å². The molecule has 0 aliphatic rings. The van der Waals surface area contributed by atoms with Crippen molar-refractivity contribution in [2.45, 2.75) is 0 Å². The van der Waals surface area contributed by atoms with Crippen LogP contribution in [0.5, 0.6) is 0 Å². The highest BCUT2D eigenvalue weighted by Gasteiger charge is 2.12. The molecule has 0 saturated carbocycles. The van der Waals surface area contributed by atoms with E-state index in [0.717, 1.165) is 20.2 Å². The number of fused-ring (bicyclic) bond motifs is 1. The van der Waals surface area contributed by atoms with Crippen molar-refractivity contribution >= 4 is 50.8 Å². The van der Waals surface area contributed by atoms with Crippen molar-refractivity contribution in [2.75, 3.05) is 11.1 Å². The number of nitrogens with one attached hydrogen (secondary N) is 2. The number of nitrogens with two attached hydrogens (primary N) is 1. The lowest BCUT2D eigenvalue weighted by atomic mass is 10.1. The molecule has 0 bridgehead atoms. The first-order valence-electron chi connectivity index (χ1n) is 6.07. The molecule has 0 unspecified atom stereocenters. The minimum Gasteiger partial charge on any atom is -0.399 e. The van der Waals surface area contributed by atoms with Gasteiger partial charge in [-0.25, -0.2) is 0 Å². The topological polar surface area (TPSA) is 70.9 Å². The molecule has 3 aromatic rings. The van der Waals surface area contributed by atoms with E-state index in [1.807, 2.05) is 30.3 Å². The van der Waals surface area contributed by atoms with Crippen molar-refractivity contribution in [1.29, 1.82) is 0 Å². The number of amides is 1. The zero-order valence-electron chi connectivity index (χ0n) is 10.5. The molecule has 1 aromatic heterocycles. The number of benzene rings is 2. The van der Waals surface area contributed by atoms with E-state index in [4.69, 9.17) is 5.73 Å². The molecular formula is C15H12IN3O. The summed E-state index contributed by atoms with van der Waals surface area (Å²) in [5.41, 5.74) is 8.67. The van der Waals surface area contributed by atoms with Gasteiger partial charge in [0.2, 0.25) is 0 Å². The van der Waals surface area contributed by atoms with Gasteiger partial charge in [0, 0.05) is 32.0 Å². The molecule has 0 fully saturated rings. The second-order valence-corrected chi connectivity index (χ2v) is 5.71. The second-order valence-electron chi connectivity index (χ2n) is 4.47. The molecule has 0 radical (unpaired) electrons. The molecule has 2 aromatic carbocycles. The number of rotatable bonds is 2. The molecule has 0 saturated heterocycles. The molecule has 1 heterocycles. The Bertz CT molecular complexity index is 777. The lowest BCUT2D eigenvalue weighted by Crippen LogP contribution is -2.11. The number of aromatic amines is 1. The number of H-pyrrole nitrogens is 1. The van der Waals surface area contributed by atoms with Gasteiger partial charge in [-0.05, 0) is 65.1 Å². The summed E-state index contributed by atoms with van der Waals surface area (Å²) in [7, 11) is 0. The van der Waals surface area contributed by atoms with E-state index in [0.29, 0.717) is 11.3 Å². The number of hydrogen-bond acceptors (Lipinski definition) is 2. The summed E-state index contributed by atoms with van der Waals surface area (Å²) < 4.78 is 1.13. The van der Waals surface area contributed by atoms with Crippen molar-refractivity contribution in [3.8, 4) is 0 Å². The molecule has 20 heavy (non-hydrogen) atoms. The normalized spacial score (nSPS) is 10.7. The second kappa shape index (κ2) is 5.16. The van der Waals surface area contributed by atoms with Crippen molar-refractivity contribution in [1.82, 2.24) is 4.98 Å². The Morgan fingerprint density at radius 1 is 1.15 bits per heavy atom. The number of carbonyl (C=O) groups is 1. The Kier molecular flexibility index (Phi) is 3.35. The maximum Gasteiger partial charge on any atom is 0.257 e. The van der Waals surface area contributed by atoms with Gasteiger partial charge in [-0.1, -0.05) is 0 Å². The summed E-state index contributed by atoms with van der Waals surface area (Å²) in [6.45, 7) is 0. The summed E-state index contributed by atoms with van der Waals surface area (Å²) >= 11 is 2.22. The number of halogens is 1. The average Bonchev–Trinajstić information content (AvgIpc) is 2.84. The first-order chi connectivity index (χ1) is 9.63. The highest BCUT2D eigenvalue weighted by Crippen LogP contribution is 2.22. The summed E-state index contributed by atoms with van der Waals surface area (Å²) in [5.74, 6) is -0.150. The molecule has 5 heteroatoms. The third kappa shape index (κ3) is 2.49. The van der Waals surface area contributed by atoms with Gasteiger partial charge in [0.15, 0.2) is 0 Å². The van der Waals surface area contributed by atoms with Crippen LogP contribution in [0.25, 0.3) is 10.9 Å². The maximum atomic E-state index is 12.3. The third-order valence-corrected chi connectivity index (χ3v) is 3.77. The van der Waals surface area contributed by atoms with Gasteiger partial charge < -0.3 is 16.0 Å². The van der Waals surface area contributed by atoms with E-state index in [1.54, 1.807) is 18.3 Å². The Morgan fingerprint density at radius 3 is 2.65 bits per heavy atom. The van der Waals surface area contributed by atoms with Gasteiger partial charge in [0.25, 0.3) is 5.91 Å². The van der Waals surface area contributed by atoms with Crippen molar-refractivity contribution in [3.05, 3.63) is 57.8 Å². The summed E-state index contributed by atoms with van der Waals surface area (Å²) in [5, 5.41) is 3.71. The van der Waals surface area contributed by atoms with Gasteiger partial charge in [-0.3, -0.25) is 4.79 Å². The van der Waals surface area contributed by atoms with Crippen LogP contribution in [0.3, 0.4) is 0 Å². The Labute approximate surface area is 129 Å². The molecule has 1 amide bonds. The van der Waals surface area contributed by atoms with E-state index in [-0.39, 0.29) is 5.91 Å². The number of anilines is 2. The maximum absolute atomic E-state index is 12.3. The standard InChI is InChI=1S/C15H12IN3O/c16-9-1-4-11(5-2-9)19-15(20)13-8-18-14-6-3-10(17)7-12(13)14/h1-8,18H,17H2,(H,19,20). The van der Waals surface area contributed by atoms with Crippen LogP contribution >= 0.6 is 22.6 Å². The largest absolute Gasteiger partial charge is 0.399 e. The van der Waals surface area contributed by atoms with E-state index in [9.17, 15) is 4.79 Å². The fourth-order valence-corrected chi connectivity index (χ4v) is 2.42. The number of aromatic nitrogens is 1. The molecule has 0 spiro atoms. The Hall–Kier alpha value is -2.02. The molecule has 4 N–H and O–H groups in total. The van der Waals surface area contributed by atoms with E-state index >= 15 is 0 Å². The predicted molar refractivity (Wildman–Crippen MR) is 89.8 cm³/mol. The minimum atomic E-state index is -0.150. The van der Waals surface area contributed by atoms with Crippen LogP contribution in [-0.4, -0.2) is 10.9 Å². The number of hydrogen-bond donors (Lipinski definition) is 3. The number of carbonyl (C=O) groups excluding carboxylic acids is 1. The molecular weight excluding hydrogens is 365 g/mol. The quantitative estimate of drug-likeness (QED) is 0.472. The zero-order chi connectivity index (χ0) is 14.1. The fraction of sp³-hybridized carbons (Fsp3) is 0. The molecule has 100 valence electrons. The highest BCUT2D eigenvalue weighted by atomic mass is 127. The number of nitrogen functional groups attached to an aromatic ring is 1. The van der Waals surface area contributed by atoms with Crippen molar-refractivity contribution in [2.24, 2.45) is 0 Å². The highest BCUT2D eigenvalue weighted by molar-refractivity contribution is 14.1. The SMILES string of the molecule is Nc1ccc2[nH]cc(C(=O)Nc3ccc(I)cc3)c2c1. The van der Waals surface area contributed by atoms with Gasteiger partial charge in [0.1, 0.15) is 0 Å². The van der Waals surface area contributed by atoms with Gasteiger partial charge >= 0.3 is 0 Å². The fourth-order valence-electron chi connectivity index (χ4n) is 2.06. The van der Waals surface area contributed by atoms with Crippen LogP contribution in [0.15, 0.2) is 48.7 Å². The Balaban J connectivity index is 1.92. The van der Waals surface area contributed by atoms with Crippen LogP contribution in [0.2, 0.25) is 0 Å². The van der Waals surface area contributed by atoms with Crippen LogP contribution in [-0.2, 0) is 0 Å². The van der Waals surface area contributed by atoms with E-state index < -0.39 is 0 Å². The van der Waals surface area contributed by atoms with Gasteiger partial charge in [-0.15, -0.1) is 0 Å². The average molecular weight is 377 g/mol. The lowest BCUT2D eigenvalue weighted by molar-refractivity contribution is 0.102. The first-order valence-corrected chi connectivity index (χ1v) is 7.15. The van der Waals surface area contributed by atoms with Crippen molar-refractivity contribution < 1.29 is 4.79 Å². The summed E-state index contributed by atoms with van der Waals surface area (Å²) in [4.78, 5) is 15.4. The molecule has 0 aliphatic heterocycles. The molecule has 0 aliphatic carbocycles. The molecule has 0 atom stereocenters. The summed E-state index contributed by atoms with van der Waals surface area (Å²) in [6, 6.07) is 13.1. The molecule has 4 nitrogen and oxygen atoms in total. The van der Waals surface area contributed by atoms with E-state index in [1.165, 1.54) is 0 Å². The monoisotopic (exact) mass is 377 g/mol. The van der Waals surface area contributed by atoms with E-state index in [2.05, 4.69) is 32.9 Å². The van der Waals surface area contributed by atoms with Crippen LogP contribution in [0.1, 0.15) is 10.4 Å². The third-order valence-electron chi connectivity index (χ3n) is 3.05. The van der Waals surface area contributed by atoms with Gasteiger partial charge in [-0.2, -0.15) is 0 Å². The summed E-state index contributed by atoms with van der Waals surface area (Å²) in [6.07, 6.45) is 1.70. The van der Waals surface area contributed by atoms with Crippen LogP contribution < -0.4 is 11.1 Å². The van der Waals surface area contributed by atoms with Crippen LogP contribution in [0.4, 0.5) is 11.4 Å². The Morgan fingerprint density at radius 2 is 1.90 bits per heavy atom. The lowest BCUT2D eigenvalue weighted by Gasteiger charge is -2.04.